The Morgan fingerprint density at radius 2 is 2.14 bits per heavy atom. The van der Waals surface area contributed by atoms with E-state index in [0.717, 1.165) is 5.56 Å². The summed E-state index contributed by atoms with van der Waals surface area (Å²) in [5.74, 6) is -0.908. The highest BCUT2D eigenvalue weighted by molar-refractivity contribution is 5.90. The molecule has 0 heterocycles. The smallest absolute Gasteiger partial charge is 0.335 e. The van der Waals surface area contributed by atoms with Crippen molar-refractivity contribution < 1.29 is 15.0 Å². The van der Waals surface area contributed by atoms with Gasteiger partial charge in [0.05, 0.1) is 5.57 Å². The van der Waals surface area contributed by atoms with Gasteiger partial charge in [-0.3, -0.25) is 0 Å². The largest absolute Gasteiger partial charge is 0.508 e. The van der Waals surface area contributed by atoms with Crippen molar-refractivity contribution in [2.45, 2.75) is 0 Å². The van der Waals surface area contributed by atoms with E-state index in [1.807, 2.05) is 0 Å². The summed E-state index contributed by atoms with van der Waals surface area (Å²) in [4.78, 5) is 10.4. The Morgan fingerprint density at radius 1 is 1.43 bits per heavy atom. The minimum atomic E-state index is -1.05. The molecule has 2 N–H and O–H groups in total. The lowest BCUT2D eigenvalue weighted by Crippen LogP contribution is -1.94. The van der Waals surface area contributed by atoms with Gasteiger partial charge in [0, 0.05) is 0 Å². The van der Waals surface area contributed by atoms with E-state index in [4.69, 9.17) is 10.2 Å². The molecule has 0 unspecified atom stereocenters. The summed E-state index contributed by atoms with van der Waals surface area (Å²) in [6.45, 7) is 3.34. The predicted molar refractivity (Wildman–Crippen MR) is 53.9 cm³/mol. The van der Waals surface area contributed by atoms with Crippen molar-refractivity contribution >= 4 is 12.0 Å². The van der Waals surface area contributed by atoms with Gasteiger partial charge in [0.1, 0.15) is 5.75 Å². The highest BCUT2D eigenvalue weighted by atomic mass is 16.4. The van der Waals surface area contributed by atoms with Crippen LogP contribution < -0.4 is 0 Å². The highest BCUT2D eigenvalue weighted by Crippen LogP contribution is 2.12. The van der Waals surface area contributed by atoms with Gasteiger partial charge in [0.15, 0.2) is 0 Å². The molecule has 0 radical (unpaired) electrons. The third kappa shape index (κ3) is 2.79. The fourth-order valence-electron chi connectivity index (χ4n) is 0.897. The Morgan fingerprint density at radius 3 is 2.71 bits per heavy atom. The second-order valence-electron chi connectivity index (χ2n) is 2.76. The summed E-state index contributed by atoms with van der Waals surface area (Å²) in [5, 5.41) is 17.6. The number of aromatic hydroxyl groups is 1. The molecule has 72 valence electrons. The van der Waals surface area contributed by atoms with Crippen molar-refractivity contribution in [3.63, 3.8) is 0 Å². The van der Waals surface area contributed by atoms with E-state index >= 15 is 0 Å². The van der Waals surface area contributed by atoms with Crippen LogP contribution in [-0.4, -0.2) is 16.2 Å². The summed E-state index contributed by atoms with van der Waals surface area (Å²) in [7, 11) is 0. The number of hydrogen-bond acceptors (Lipinski definition) is 2. The number of hydrogen-bond donors (Lipinski definition) is 2. The molecule has 0 amide bonds. The number of benzene rings is 1. The maximum atomic E-state index is 10.4. The van der Waals surface area contributed by atoms with Crippen LogP contribution in [0.3, 0.4) is 0 Å². The Bertz CT molecular complexity index is 391. The maximum absolute atomic E-state index is 10.4. The minimum Gasteiger partial charge on any atom is -0.508 e. The molecule has 0 aliphatic rings. The monoisotopic (exact) mass is 190 g/mol. The van der Waals surface area contributed by atoms with Crippen LogP contribution >= 0.6 is 0 Å². The van der Waals surface area contributed by atoms with Crippen molar-refractivity contribution in [3.05, 3.63) is 48.1 Å². The fraction of sp³-hybridized carbons (Fsp3) is 0. The van der Waals surface area contributed by atoms with Crippen LogP contribution in [-0.2, 0) is 4.79 Å². The minimum absolute atomic E-state index is 0.00772. The fourth-order valence-corrected chi connectivity index (χ4v) is 0.897. The van der Waals surface area contributed by atoms with Crippen molar-refractivity contribution in [1.29, 1.82) is 0 Å². The molecule has 14 heavy (non-hydrogen) atoms. The number of carbonyl (C=O) groups is 1. The summed E-state index contributed by atoms with van der Waals surface area (Å²) in [6.07, 6.45) is 2.97. The zero-order valence-corrected chi connectivity index (χ0v) is 7.47. The molecule has 0 atom stereocenters. The molecule has 1 aromatic carbocycles. The van der Waals surface area contributed by atoms with Crippen LogP contribution in [0.25, 0.3) is 6.08 Å². The van der Waals surface area contributed by atoms with Crippen molar-refractivity contribution in [2.24, 2.45) is 0 Å². The zero-order valence-electron chi connectivity index (χ0n) is 7.47. The molecular weight excluding hydrogens is 180 g/mol. The summed E-state index contributed by atoms with van der Waals surface area (Å²) in [5.41, 5.74) is 0.737. The second kappa shape index (κ2) is 4.28. The molecular formula is C11H10O3. The topological polar surface area (TPSA) is 57.5 Å². The molecule has 3 nitrogen and oxygen atoms in total. The van der Waals surface area contributed by atoms with Gasteiger partial charge in [-0.05, 0) is 23.8 Å². The van der Waals surface area contributed by atoms with Crippen LogP contribution in [0.4, 0.5) is 0 Å². The quantitative estimate of drug-likeness (QED) is 0.566. The number of carboxylic acids is 1. The van der Waals surface area contributed by atoms with Crippen molar-refractivity contribution in [1.82, 2.24) is 0 Å². The Balaban J connectivity index is 2.79. The predicted octanol–water partition coefficient (Wildman–Crippen LogP) is 2.05. The van der Waals surface area contributed by atoms with Gasteiger partial charge >= 0.3 is 5.97 Å². The van der Waals surface area contributed by atoms with E-state index in [9.17, 15) is 4.79 Å². The standard InChI is InChI=1S/C11H10O3/c1-8(11(13)14)5-6-9-3-2-4-10(12)7-9/h2-7,12H,1H2,(H,13,14). The third-order valence-corrected chi connectivity index (χ3v) is 1.62. The number of aliphatic carboxylic acids is 1. The molecule has 0 saturated carbocycles. The lowest BCUT2D eigenvalue weighted by molar-refractivity contribution is -0.132. The molecule has 1 rings (SSSR count). The van der Waals surface area contributed by atoms with Gasteiger partial charge in [0.25, 0.3) is 0 Å². The molecule has 0 bridgehead atoms. The molecule has 0 aliphatic heterocycles. The molecule has 0 aromatic heterocycles. The Hall–Kier alpha value is -2.03. The van der Waals surface area contributed by atoms with E-state index in [0.29, 0.717) is 0 Å². The number of carboxylic acid groups (broad SMARTS) is 1. The second-order valence-corrected chi connectivity index (χ2v) is 2.76. The molecule has 0 saturated heterocycles. The highest BCUT2D eigenvalue weighted by Gasteiger charge is 1.97. The van der Waals surface area contributed by atoms with Crippen LogP contribution in [0.5, 0.6) is 5.75 Å². The van der Waals surface area contributed by atoms with Crippen molar-refractivity contribution in [3.8, 4) is 5.75 Å². The summed E-state index contributed by atoms with van der Waals surface area (Å²) in [6, 6.07) is 6.51. The van der Waals surface area contributed by atoms with Gasteiger partial charge < -0.3 is 10.2 Å². The van der Waals surface area contributed by atoms with Crippen LogP contribution in [0.2, 0.25) is 0 Å². The molecule has 0 spiro atoms. The first-order valence-electron chi connectivity index (χ1n) is 3.99. The molecule has 0 aliphatic carbocycles. The average molecular weight is 190 g/mol. The van der Waals surface area contributed by atoms with Crippen LogP contribution in [0.1, 0.15) is 5.56 Å². The zero-order chi connectivity index (χ0) is 10.6. The average Bonchev–Trinajstić information content (AvgIpc) is 2.14. The maximum Gasteiger partial charge on any atom is 0.335 e. The van der Waals surface area contributed by atoms with Gasteiger partial charge in [-0.1, -0.05) is 24.8 Å². The van der Waals surface area contributed by atoms with Gasteiger partial charge in [0.2, 0.25) is 0 Å². The van der Waals surface area contributed by atoms with Gasteiger partial charge in [-0.2, -0.15) is 0 Å². The first-order valence-corrected chi connectivity index (χ1v) is 3.99. The third-order valence-electron chi connectivity index (χ3n) is 1.62. The van der Waals surface area contributed by atoms with Crippen molar-refractivity contribution in [2.75, 3.05) is 0 Å². The first-order chi connectivity index (χ1) is 6.59. The lowest BCUT2D eigenvalue weighted by atomic mass is 10.1. The molecule has 0 fully saturated rings. The number of phenols is 1. The molecule has 1 aromatic rings. The first kappa shape index (κ1) is 10.1. The summed E-state index contributed by atoms with van der Waals surface area (Å²) >= 11 is 0. The van der Waals surface area contributed by atoms with Crippen LogP contribution in [0, 0.1) is 0 Å². The lowest BCUT2D eigenvalue weighted by Gasteiger charge is -1.94. The number of phenolic OH excluding ortho intramolecular Hbond substituents is 1. The Kier molecular flexibility index (Phi) is 3.07. The van der Waals surface area contributed by atoms with E-state index in [2.05, 4.69) is 6.58 Å². The van der Waals surface area contributed by atoms with E-state index in [-0.39, 0.29) is 11.3 Å². The SMILES string of the molecule is C=C(C=Cc1cccc(O)c1)C(=O)O. The molecule has 3 heteroatoms. The normalized spacial score (nSPS) is 10.3. The van der Waals surface area contributed by atoms with E-state index in [1.54, 1.807) is 24.3 Å². The van der Waals surface area contributed by atoms with Crippen LogP contribution in [0.15, 0.2) is 42.5 Å². The Labute approximate surface area is 81.6 Å². The van der Waals surface area contributed by atoms with E-state index < -0.39 is 5.97 Å². The van der Waals surface area contributed by atoms with E-state index in [1.165, 1.54) is 12.1 Å². The van der Waals surface area contributed by atoms with Gasteiger partial charge in [-0.25, -0.2) is 4.79 Å². The van der Waals surface area contributed by atoms with Gasteiger partial charge in [-0.15, -0.1) is 0 Å². The summed E-state index contributed by atoms with van der Waals surface area (Å²) < 4.78 is 0. The number of rotatable bonds is 3.